The SMILES string of the molecule is Cc1ccc(N2CCC(CNC(=O)N3CCN(c4ncccn4)CC3)C2)cc1. The zero-order valence-corrected chi connectivity index (χ0v) is 16.4. The molecular formula is C21H28N6O. The number of carbonyl (C=O) groups is 1. The summed E-state index contributed by atoms with van der Waals surface area (Å²) in [7, 11) is 0. The molecule has 2 fully saturated rings. The average Bonchev–Trinajstić information content (AvgIpc) is 3.22. The third kappa shape index (κ3) is 4.35. The Balaban J connectivity index is 1.20. The van der Waals surface area contributed by atoms with E-state index >= 15 is 0 Å². The van der Waals surface area contributed by atoms with Crippen LogP contribution in [0.25, 0.3) is 0 Å². The summed E-state index contributed by atoms with van der Waals surface area (Å²) in [5.74, 6) is 1.24. The van der Waals surface area contributed by atoms with Gasteiger partial charge in [0.1, 0.15) is 0 Å². The highest BCUT2D eigenvalue weighted by atomic mass is 16.2. The molecule has 1 atom stereocenters. The fourth-order valence-electron chi connectivity index (χ4n) is 3.90. The second-order valence-electron chi connectivity index (χ2n) is 7.65. The number of anilines is 2. The highest BCUT2D eigenvalue weighted by Crippen LogP contribution is 2.23. The molecule has 7 heteroatoms. The normalized spacial score (nSPS) is 19.8. The van der Waals surface area contributed by atoms with Gasteiger partial charge in [0.2, 0.25) is 5.95 Å². The largest absolute Gasteiger partial charge is 0.371 e. The van der Waals surface area contributed by atoms with E-state index in [9.17, 15) is 4.79 Å². The Morgan fingerprint density at radius 2 is 1.75 bits per heavy atom. The maximum absolute atomic E-state index is 12.5. The number of nitrogens with one attached hydrogen (secondary N) is 1. The topological polar surface area (TPSA) is 64.6 Å². The number of nitrogens with zero attached hydrogens (tertiary/aromatic N) is 5. The maximum atomic E-state index is 12.5. The Morgan fingerprint density at radius 1 is 1.04 bits per heavy atom. The Hall–Kier alpha value is -2.83. The van der Waals surface area contributed by atoms with Crippen molar-refractivity contribution in [3.63, 3.8) is 0 Å². The minimum atomic E-state index is 0.0439. The number of aromatic nitrogens is 2. The van der Waals surface area contributed by atoms with E-state index in [0.717, 1.165) is 45.1 Å². The van der Waals surface area contributed by atoms with Crippen molar-refractivity contribution in [2.45, 2.75) is 13.3 Å². The minimum Gasteiger partial charge on any atom is -0.371 e. The average molecular weight is 380 g/mol. The molecule has 2 saturated heterocycles. The first-order valence-corrected chi connectivity index (χ1v) is 10.1. The molecule has 0 spiro atoms. The molecule has 1 aromatic carbocycles. The number of urea groups is 1. The number of carbonyl (C=O) groups excluding carboxylic acids is 1. The molecule has 2 amide bonds. The number of amides is 2. The van der Waals surface area contributed by atoms with E-state index in [4.69, 9.17) is 0 Å². The van der Waals surface area contributed by atoms with Gasteiger partial charge in [-0.05, 0) is 37.5 Å². The fourth-order valence-corrected chi connectivity index (χ4v) is 3.90. The summed E-state index contributed by atoms with van der Waals surface area (Å²) in [6.07, 6.45) is 4.62. The molecule has 0 saturated carbocycles. The van der Waals surface area contributed by atoms with Gasteiger partial charge in [-0.3, -0.25) is 0 Å². The zero-order valence-electron chi connectivity index (χ0n) is 16.4. The van der Waals surface area contributed by atoms with Crippen molar-refractivity contribution in [1.82, 2.24) is 20.2 Å². The van der Waals surface area contributed by atoms with Gasteiger partial charge in [0.15, 0.2) is 0 Å². The molecule has 1 unspecified atom stereocenters. The number of hydrogen-bond donors (Lipinski definition) is 1. The lowest BCUT2D eigenvalue weighted by molar-refractivity contribution is 0.192. The van der Waals surface area contributed by atoms with Crippen LogP contribution in [0.1, 0.15) is 12.0 Å². The van der Waals surface area contributed by atoms with Crippen molar-refractivity contribution in [3.05, 3.63) is 48.3 Å². The third-order valence-electron chi connectivity index (χ3n) is 5.63. The van der Waals surface area contributed by atoms with Gasteiger partial charge >= 0.3 is 6.03 Å². The number of benzene rings is 1. The molecule has 1 N–H and O–H groups in total. The molecule has 0 radical (unpaired) electrons. The molecule has 4 rings (SSSR count). The van der Waals surface area contributed by atoms with Gasteiger partial charge < -0.3 is 20.0 Å². The lowest BCUT2D eigenvalue weighted by atomic mass is 10.1. The van der Waals surface area contributed by atoms with Gasteiger partial charge in [0, 0.05) is 63.9 Å². The first kappa shape index (κ1) is 18.5. The van der Waals surface area contributed by atoms with Crippen molar-refractivity contribution in [2.75, 3.05) is 55.6 Å². The molecule has 0 aliphatic carbocycles. The highest BCUT2D eigenvalue weighted by molar-refractivity contribution is 5.74. The Morgan fingerprint density at radius 3 is 2.46 bits per heavy atom. The highest BCUT2D eigenvalue weighted by Gasteiger charge is 2.26. The van der Waals surface area contributed by atoms with Crippen LogP contribution in [0.15, 0.2) is 42.7 Å². The molecular weight excluding hydrogens is 352 g/mol. The van der Waals surface area contributed by atoms with E-state index in [1.807, 2.05) is 11.0 Å². The summed E-state index contributed by atoms with van der Waals surface area (Å²) in [5.41, 5.74) is 2.56. The minimum absolute atomic E-state index is 0.0439. The molecule has 148 valence electrons. The van der Waals surface area contributed by atoms with E-state index in [2.05, 4.69) is 56.3 Å². The van der Waals surface area contributed by atoms with Gasteiger partial charge in [-0.25, -0.2) is 14.8 Å². The lowest BCUT2D eigenvalue weighted by Gasteiger charge is -2.34. The van der Waals surface area contributed by atoms with Crippen molar-refractivity contribution in [1.29, 1.82) is 0 Å². The van der Waals surface area contributed by atoms with Gasteiger partial charge in [-0.15, -0.1) is 0 Å². The standard InChI is InChI=1S/C21H28N6O/c1-17-3-5-19(6-4-17)27-10-7-18(16-27)15-24-21(28)26-13-11-25(12-14-26)20-22-8-2-9-23-20/h2-6,8-9,18H,7,10-16H2,1H3,(H,24,28). The van der Waals surface area contributed by atoms with Crippen LogP contribution in [-0.4, -0.2) is 66.7 Å². The van der Waals surface area contributed by atoms with Crippen LogP contribution >= 0.6 is 0 Å². The predicted molar refractivity (Wildman–Crippen MR) is 111 cm³/mol. The van der Waals surface area contributed by atoms with Crippen molar-refractivity contribution in [2.24, 2.45) is 5.92 Å². The van der Waals surface area contributed by atoms with E-state index < -0.39 is 0 Å². The second-order valence-corrected chi connectivity index (χ2v) is 7.65. The second kappa shape index (κ2) is 8.46. The predicted octanol–water partition coefficient (Wildman–Crippen LogP) is 2.14. The first-order chi connectivity index (χ1) is 13.7. The third-order valence-corrected chi connectivity index (χ3v) is 5.63. The lowest BCUT2D eigenvalue weighted by Crippen LogP contribution is -2.52. The molecule has 7 nitrogen and oxygen atoms in total. The molecule has 2 aliphatic heterocycles. The Bertz CT molecular complexity index is 773. The van der Waals surface area contributed by atoms with Crippen molar-refractivity contribution >= 4 is 17.7 Å². The van der Waals surface area contributed by atoms with E-state index in [0.29, 0.717) is 19.0 Å². The molecule has 2 aromatic rings. The van der Waals surface area contributed by atoms with Crippen LogP contribution < -0.4 is 15.1 Å². The summed E-state index contributed by atoms with van der Waals surface area (Å²) in [6.45, 7) is 7.84. The molecule has 2 aliphatic rings. The van der Waals surface area contributed by atoms with Gasteiger partial charge in [0.25, 0.3) is 0 Å². The van der Waals surface area contributed by atoms with Crippen LogP contribution in [-0.2, 0) is 0 Å². The quantitative estimate of drug-likeness (QED) is 0.880. The fraction of sp³-hybridized carbons (Fsp3) is 0.476. The number of hydrogen-bond acceptors (Lipinski definition) is 5. The van der Waals surface area contributed by atoms with Gasteiger partial charge in [-0.2, -0.15) is 0 Å². The van der Waals surface area contributed by atoms with E-state index in [1.54, 1.807) is 12.4 Å². The summed E-state index contributed by atoms with van der Waals surface area (Å²) in [6, 6.07) is 10.5. The monoisotopic (exact) mass is 380 g/mol. The van der Waals surface area contributed by atoms with Crippen LogP contribution in [0.5, 0.6) is 0 Å². The van der Waals surface area contributed by atoms with Crippen molar-refractivity contribution in [3.8, 4) is 0 Å². The zero-order chi connectivity index (χ0) is 19.3. The number of piperazine rings is 1. The summed E-state index contributed by atoms with van der Waals surface area (Å²) in [4.78, 5) is 27.5. The van der Waals surface area contributed by atoms with Crippen molar-refractivity contribution < 1.29 is 4.79 Å². The van der Waals surface area contributed by atoms with Crippen LogP contribution in [0.2, 0.25) is 0 Å². The Kier molecular flexibility index (Phi) is 5.60. The smallest absolute Gasteiger partial charge is 0.317 e. The van der Waals surface area contributed by atoms with Gasteiger partial charge in [-0.1, -0.05) is 17.7 Å². The van der Waals surface area contributed by atoms with E-state index in [1.165, 1.54) is 11.3 Å². The molecule has 28 heavy (non-hydrogen) atoms. The van der Waals surface area contributed by atoms with Crippen LogP contribution in [0.3, 0.4) is 0 Å². The molecule has 0 bridgehead atoms. The summed E-state index contributed by atoms with van der Waals surface area (Å²) >= 11 is 0. The summed E-state index contributed by atoms with van der Waals surface area (Å²) in [5, 5.41) is 3.14. The number of rotatable bonds is 4. The first-order valence-electron chi connectivity index (χ1n) is 10.1. The van der Waals surface area contributed by atoms with Crippen LogP contribution in [0, 0.1) is 12.8 Å². The summed E-state index contributed by atoms with van der Waals surface area (Å²) < 4.78 is 0. The van der Waals surface area contributed by atoms with Crippen LogP contribution in [0.4, 0.5) is 16.4 Å². The van der Waals surface area contributed by atoms with E-state index in [-0.39, 0.29) is 6.03 Å². The Labute approximate surface area is 166 Å². The number of aryl methyl sites for hydroxylation is 1. The molecule has 3 heterocycles. The maximum Gasteiger partial charge on any atom is 0.317 e. The van der Waals surface area contributed by atoms with Gasteiger partial charge in [0.05, 0.1) is 0 Å². The molecule has 1 aromatic heterocycles.